The maximum absolute atomic E-state index is 12.7. The second kappa shape index (κ2) is 5.81. The summed E-state index contributed by atoms with van der Waals surface area (Å²) in [6, 6.07) is 5.19. The molecular formula is C14H23N3O2S. The Hall–Kier alpha value is -0.950. The van der Waals surface area contributed by atoms with Crippen molar-refractivity contribution in [1.82, 2.24) is 9.21 Å². The van der Waals surface area contributed by atoms with Crippen molar-refractivity contribution in [2.75, 3.05) is 26.7 Å². The van der Waals surface area contributed by atoms with E-state index in [2.05, 4.69) is 4.90 Å². The van der Waals surface area contributed by atoms with Crippen molar-refractivity contribution in [2.45, 2.75) is 31.3 Å². The summed E-state index contributed by atoms with van der Waals surface area (Å²) in [5, 5.41) is 0. The van der Waals surface area contributed by atoms with Gasteiger partial charge in [-0.1, -0.05) is 6.07 Å². The predicted octanol–water partition coefficient (Wildman–Crippen LogP) is 0.778. The Labute approximate surface area is 121 Å². The number of nitrogens with two attached hydrogens (primary N) is 1. The van der Waals surface area contributed by atoms with Gasteiger partial charge in [0.1, 0.15) is 0 Å². The summed E-state index contributed by atoms with van der Waals surface area (Å²) in [4.78, 5) is 2.52. The number of likely N-dealkylation sites (N-methyl/N-ethyl adjacent to an activating group) is 1. The largest absolute Gasteiger partial charge is 0.326 e. The molecule has 0 aromatic heterocycles. The molecule has 2 rings (SSSR count). The smallest absolute Gasteiger partial charge is 0.243 e. The fourth-order valence-electron chi connectivity index (χ4n) is 2.67. The van der Waals surface area contributed by atoms with Gasteiger partial charge in [0, 0.05) is 32.2 Å². The molecule has 1 aliphatic rings. The van der Waals surface area contributed by atoms with E-state index in [1.54, 1.807) is 16.4 Å². The summed E-state index contributed by atoms with van der Waals surface area (Å²) >= 11 is 0. The maximum atomic E-state index is 12.7. The number of hydrogen-bond acceptors (Lipinski definition) is 4. The van der Waals surface area contributed by atoms with Crippen LogP contribution >= 0.6 is 0 Å². The highest BCUT2D eigenvalue weighted by molar-refractivity contribution is 7.89. The molecule has 1 heterocycles. The molecule has 0 aliphatic carbocycles. The Kier molecular flexibility index (Phi) is 4.49. The van der Waals surface area contributed by atoms with Crippen LogP contribution in [0.2, 0.25) is 0 Å². The monoisotopic (exact) mass is 297 g/mol. The van der Waals surface area contributed by atoms with E-state index in [-0.39, 0.29) is 6.04 Å². The van der Waals surface area contributed by atoms with Crippen LogP contribution in [-0.4, -0.2) is 50.3 Å². The molecule has 1 aliphatic heterocycles. The van der Waals surface area contributed by atoms with Crippen molar-refractivity contribution in [3.63, 3.8) is 0 Å². The second-order valence-electron chi connectivity index (χ2n) is 5.52. The Morgan fingerprint density at radius 1 is 1.35 bits per heavy atom. The van der Waals surface area contributed by atoms with E-state index in [1.165, 1.54) is 0 Å². The molecule has 0 amide bonds. The highest BCUT2D eigenvalue weighted by Gasteiger charge is 2.32. The minimum Gasteiger partial charge on any atom is -0.326 e. The lowest BCUT2D eigenvalue weighted by atomic mass is 10.1. The molecule has 5 nitrogen and oxygen atoms in total. The molecule has 1 aromatic rings. The highest BCUT2D eigenvalue weighted by atomic mass is 32.2. The van der Waals surface area contributed by atoms with E-state index in [4.69, 9.17) is 5.73 Å². The standard InChI is InChI=1S/C14H23N3O2S/c1-11-8-14(5-4-13(11)9-15)20(18,19)17-7-6-16(3)10-12(17)2/h4-5,8,12H,6-7,9-10,15H2,1-3H3. The summed E-state index contributed by atoms with van der Waals surface area (Å²) in [5.41, 5.74) is 7.53. The quantitative estimate of drug-likeness (QED) is 0.895. The van der Waals surface area contributed by atoms with E-state index in [0.29, 0.717) is 18.0 Å². The van der Waals surface area contributed by atoms with Gasteiger partial charge in [0.25, 0.3) is 0 Å². The average Bonchev–Trinajstić information content (AvgIpc) is 2.38. The molecule has 1 aromatic carbocycles. The Morgan fingerprint density at radius 3 is 2.60 bits per heavy atom. The summed E-state index contributed by atoms with van der Waals surface area (Å²) < 4.78 is 27.1. The van der Waals surface area contributed by atoms with Gasteiger partial charge < -0.3 is 10.6 Å². The van der Waals surface area contributed by atoms with Gasteiger partial charge in [0.2, 0.25) is 10.0 Å². The number of nitrogens with zero attached hydrogens (tertiary/aromatic N) is 2. The fraction of sp³-hybridized carbons (Fsp3) is 0.571. The number of benzene rings is 1. The minimum atomic E-state index is -3.42. The van der Waals surface area contributed by atoms with Crippen LogP contribution < -0.4 is 5.73 Å². The zero-order chi connectivity index (χ0) is 14.9. The molecule has 20 heavy (non-hydrogen) atoms. The van der Waals surface area contributed by atoms with Crippen LogP contribution in [0.3, 0.4) is 0 Å². The Bertz CT molecular complexity index is 586. The second-order valence-corrected chi connectivity index (χ2v) is 7.41. The summed E-state index contributed by atoms with van der Waals surface area (Å²) in [5.74, 6) is 0. The van der Waals surface area contributed by atoms with E-state index < -0.39 is 10.0 Å². The summed E-state index contributed by atoms with van der Waals surface area (Å²) in [6.07, 6.45) is 0. The Balaban J connectivity index is 2.33. The number of hydrogen-bond donors (Lipinski definition) is 1. The fourth-order valence-corrected chi connectivity index (χ4v) is 4.37. The van der Waals surface area contributed by atoms with E-state index in [0.717, 1.165) is 24.2 Å². The average molecular weight is 297 g/mol. The minimum absolute atomic E-state index is 0.00626. The van der Waals surface area contributed by atoms with Crippen molar-refractivity contribution in [1.29, 1.82) is 0 Å². The van der Waals surface area contributed by atoms with Gasteiger partial charge in [-0.2, -0.15) is 4.31 Å². The summed E-state index contributed by atoms with van der Waals surface area (Å²) in [7, 11) is -1.40. The van der Waals surface area contributed by atoms with Gasteiger partial charge in [0.15, 0.2) is 0 Å². The molecule has 1 atom stereocenters. The lowest BCUT2D eigenvalue weighted by molar-refractivity contribution is 0.170. The summed E-state index contributed by atoms with van der Waals surface area (Å²) in [6.45, 7) is 6.35. The molecule has 1 fully saturated rings. The lowest BCUT2D eigenvalue weighted by Crippen LogP contribution is -2.52. The number of rotatable bonds is 3. The molecule has 1 saturated heterocycles. The van der Waals surface area contributed by atoms with E-state index in [9.17, 15) is 8.42 Å². The van der Waals surface area contributed by atoms with Gasteiger partial charge in [-0.25, -0.2) is 8.42 Å². The first-order valence-corrected chi connectivity index (χ1v) is 8.30. The van der Waals surface area contributed by atoms with Crippen LogP contribution in [0.25, 0.3) is 0 Å². The van der Waals surface area contributed by atoms with Crippen LogP contribution in [-0.2, 0) is 16.6 Å². The number of sulfonamides is 1. The zero-order valence-electron chi connectivity index (χ0n) is 12.3. The molecule has 6 heteroatoms. The predicted molar refractivity (Wildman–Crippen MR) is 79.9 cm³/mol. The van der Waals surface area contributed by atoms with Crippen molar-refractivity contribution < 1.29 is 8.42 Å². The van der Waals surface area contributed by atoms with Crippen molar-refractivity contribution in [3.8, 4) is 0 Å². The van der Waals surface area contributed by atoms with Gasteiger partial charge in [-0.05, 0) is 44.2 Å². The lowest BCUT2D eigenvalue weighted by Gasteiger charge is -2.37. The topological polar surface area (TPSA) is 66.6 Å². The van der Waals surface area contributed by atoms with E-state index in [1.807, 2.05) is 27.0 Å². The van der Waals surface area contributed by atoms with Gasteiger partial charge in [0.05, 0.1) is 4.90 Å². The molecule has 2 N–H and O–H groups in total. The molecule has 0 radical (unpaired) electrons. The third-order valence-electron chi connectivity index (χ3n) is 3.91. The first kappa shape index (κ1) is 15.4. The molecular weight excluding hydrogens is 274 g/mol. The first-order chi connectivity index (χ1) is 9.36. The van der Waals surface area contributed by atoms with Crippen LogP contribution in [0, 0.1) is 6.92 Å². The SMILES string of the molecule is Cc1cc(S(=O)(=O)N2CCN(C)CC2C)ccc1CN. The first-order valence-electron chi connectivity index (χ1n) is 6.86. The molecule has 0 spiro atoms. The normalized spacial score (nSPS) is 22.1. The van der Waals surface area contributed by atoms with Crippen LogP contribution in [0.1, 0.15) is 18.1 Å². The van der Waals surface area contributed by atoms with Crippen LogP contribution in [0.4, 0.5) is 0 Å². The molecule has 0 saturated carbocycles. The highest BCUT2D eigenvalue weighted by Crippen LogP contribution is 2.23. The van der Waals surface area contributed by atoms with Crippen molar-refractivity contribution >= 4 is 10.0 Å². The molecule has 112 valence electrons. The van der Waals surface area contributed by atoms with Gasteiger partial charge in [-0.15, -0.1) is 0 Å². The zero-order valence-corrected chi connectivity index (χ0v) is 13.2. The Morgan fingerprint density at radius 2 is 2.05 bits per heavy atom. The van der Waals surface area contributed by atoms with E-state index >= 15 is 0 Å². The van der Waals surface area contributed by atoms with Gasteiger partial charge >= 0.3 is 0 Å². The van der Waals surface area contributed by atoms with Crippen molar-refractivity contribution in [2.24, 2.45) is 5.73 Å². The maximum Gasteiger partial charge on any atom is 0.243 e. The number of piperazine rings is 1. The van der Waals surface area contributed by atoms with Crippen molar-refractivity contribution in [3.05, 3.63) is 29.3 Å². The third-order valence-corrected chi connectivity index (χ3v) is 5.92. The number of aryl methyl sites for hydroxylation is 1. The van der Waals surface area contributed by atoms with Crippen LogP contribution in [0.15, 0.2) is 23.1 Å². The van der Waals surface area contributed by atoms with Crippen LogP contribution in [0.5, 0.6) is 0 Å². The molecule has 0 bridgehead atoms. The third kappa shape index (κ3) is 2.88. The molecule has 1 unspecified atom stereocenters. The van der Waals surface area contributed by atoms with Gasteiger partial charge in [-0.3, -0.25) is 0 Å².